The van der Waals surface area contributed by atoms with Gasteiger partial charge < -0.3 is 15.5 Å². The number of amides is 1. The number of carbonyl (C=O) groups is 1. The number of carbonyl (C=O) groups excluding carboxylic acids is 1. The van der Waals surface area contributed by atoms with Crippen LogP contribution in [0.25, 0.3) is 0 Å². The van der Waals surface area contributed by atoms with Crippen molar-refractivity contribution >= 4 is 5.91 Å². The molecule has 0 unspecified atom stereocenters. The number of rotatable bonds is 5. The van der Waals surface area contributed by atoms with E-state index in [1.165, 1.54) is 0 Å². The summed E-state index contributed by atoms with van der Waals surface area (Å²) in [6, 6.07) is 12.8. The van der Waals surface area contributed by atoms with Gasteiger partial charge >= 0.3 is 0 Å². The molecular formula is C15H18N2O2. The second-order valence-corrected chi connectivity index (χ2v) is 4.53. The Bertz CT molecular complexity index is 508. The fraction of sp³-hybridized carbons (Fsp3) is 0.267. The van der Waals surface area contributed by atoms with E-state index in [4.69, 9.17) is 10.2 Å². The quantitative estimate of drug-likeness (QED) is 0.866. The molecule has 0 radical (unpaired) electrons. The van der Waals surface area contributed by atoms with Crippen LogP contribution in [0.15, 0.2) is 53.1 Å². The Balaban J connectivity index is 1.88. The minimum Gasteiger partial charge on any atom is -0.467 e. The molecule has 100 valence electrons. The predicted molar refractivity (Wildman–Crippen MR) is 73.3 cm³/mol. The maximum atomic E-state index is 11.9. The molecule has 3 N–H and O–H groups in total. The molecule has 0 aliphatic carbocycles. The lowest BCUT2D eigenvalue weighted by atomic mass is 10.0. The molecule has 4 heteroatoms. The smallest absolute Gasteiger partial charge is 0.222 e. The minimum absolute atomic E-state index is 0.0831. The monoisotopic (exact) mass is 258 g/mol. The first kappa shape index (κ1) is 13.4. The van der Waals surface area contributed by atoms with Gasteiger partial charge in [-0.1, -0.05) is 30.3 Å². The first-order valence-electron chi connectivity index (χ1n) is 6.30. The maximum Gasteiger partial charge on any atom is 0.222 e. The van der Waals surface area contributed by atoms with E-state index in [1.807, 2.05) is 43.3 Å². The highest BCUT2D eigenvalue weighted by Gasteiger charge is 2.15. The lowest BCUT2D eigenvalue weighted by molar-refractivity contribution is -0.122. The summed E-state index contributed by atoms with van der Waals surface area (Å²) in [4.78, 5) is 11.9. The second-order valence-electron chi connectivity index (χ2n) is 4.53. The van der Waals surface area contributed by atoms with Crippen LogP contribution in [0, 0.1) is 0 Å². The van der Waals surface area contributed by atoms with Crippen LogP contribution in [-0.2, 0) is 4.79 Å². The summed E-state index contributed by atoms with van der Waals surface area (Å²) in [5, 5.41) is 2.87. The van der Waals surface area contributed by atoms with E-state index >= 15 is 0 Å². The van der Waals surface area contributed by atoms with Crippen molar-refractivity contribution < 1.29 is 9.21 Å². The summed E-state index contributed by atoms with van der Waals surface area (Å²) in [6.07, 6.45) is 1.85. The van der Waals surface area contributed by atoms with Crippen LogP contribution in [0.3, 0.4) is 0 Å². The molecule has 0 fully saturated rings. The van der Waals surface area contributed by atoms with Gasteiger partial charge in [-0.3, -0.25) is 4.79 Å². The van der Waals surface area contributed by atoms with Crippen LogP contribution >= 0.6 is 0 Å². The van der Waals surface area contributed by atoms with Gasteiger partial charge in [0, 0.05) is 12.5 Å². The van der Waals surface area contributed by atoms with Gasteiger partial charge in [0.1, 0.15) is 5.76 Å². The second kappa shape index (κ2) is 6.20. The van der Waals surface area contributed by atoms with Gasteiger partial charge in [0.15, 0.2) is 0 Å². The highest BCUT2D eigenvalue weighted by Crippen LogP contribution is 2.16. The van der Waals surface area contributed by atoms with Gasteiger partial charge in [-0.25, -0.2) is 0 Å². The van der Waals surface area contributed by atoms with E-state index in [1.54, 1.807) is 12.3 Å². The zero-order valence-corrected chi connectivity index (χ0v) is 10.9. The molecule has 0 bridgehead atoms. The number of hydrogen-bond donors (Lipinski definition) is 2. The lowest BCUT2D eigenvalue weighted by Gasteiger charge is -2.15. The third-order valence-electron chi connectivity index (χ3n) is 2.98. The van der Waals surface area contributed by atoms with E-state index in [-0.39, 0.29) is 24.4 Å². The molecule has 0 aliphatic heterocycles. The third kappa shape index (κ3) is 3.69. The largest absolute Gasteiger partial charge is 0.467 e. The van der Waals surface area contributed by atoms with Gasteiger partial charge in [0.25, 0.3) is 0 Å². The first-order chi connectivity index (χ1) is 9.16. The summed E-state index contributed by atoms with van der Waals surface area (Å²) in [5.74, 6) is 0.655. The molecular weight excluding hydrogens is 240 g/mol. The lowest BCUT2D eigenvalue weighted by Crippen LogP contribution is -2.29. The van der Waals surface area contributed by atoms with Gasteiger partial charge in [-0.15, -0.1) is 0 Å². The van der Waals surface area contributed by atoms with Crippen molar-refractivity contribution in [1.29, 1.82) is 0 Å². The summed E-state index contributed by atoms with van der Waals surface area (Å²) in [5.41, 5.74) is 6.97. The third-order valence-corrected chi connectivity index (χ3v) is 2.98. The number of benzene rings is 1. The van der Waals surface area contributed by atoms with Gasteiger partial charge in [-0.2, -0.15) is 0 Å². The van der Waals surface area contributed by atoms with Crippen LogP contribution in [0.4, 0.5) is 0 Å². The zero-order valence-electron chi connectivity index (χ0n) is 10.9. The summed E-state index contributed by atoms with van der Waals surface area (Å²) in [7, 11) is 0. The van der Waals surface area contributed by atoms with Gasteiger partial charge in [0.2, 0.25) is 5.91 Å². The van der Waals surface area contributed by atoms with Gasteiger partial charge in [-0.05, 0) is 24.6 Å². The normalized spacial score (nSPS) is 13.8. The van der Waals surface area contributed by atoms with E-state index in [2.05, 4.69) is 5.32 Å². The van der Waals surface area contributed by atoms with Crippen molar-refractivity contribution in [2.24, 2.45) is 5.73 Å². The molecule has 1 aromatic carbocycles. The first-order valence-corrected chi connectivity index (χ1v) is 6.30. The Hall–Kier alpha value is -2.07. The molecule has 0 aliphatic rings. The summed E-state index contributed by atoms with van der Waals surface area (Å²) in [6.45, 7) is 1.88. The maximum absolute atomic E-state index is 11.9. The van der Waals surface area contributed by atoms with Gasteiger partial charge in [0.05, 0.1) is 12.3 Å². The van der Waals surface area contributed by atoms with Crippen LogP contribution in [-0.4, -0.2) is 5.91 Å². The number of nitrogens with two attached hydrogens (primary N) is 1. The molecule has 0 spiro atoms. The minimum atomic E-state index is -0.287. The van der Waals surface area contributed by atoms with E-state index in [9.17, 15) is 4.79 Å². The average molecular weight is 258 g/mol. The fourth-order valence-corrected chi connectivity index (χ4v) is 1.93. The summed E-state index contributed by atoms with van der Waals surface area (Å²) >= 11 is 0. The van der Waals surface area contributed by atoms with Crippen molar-refractivity contribution in [1.82, 2.24) is 5.32 Å². The van der Waals surface area contributed by atoms with Crippen molar-refractivity contribution in [2.75, 3.05) is 0 Å². The van der Waals surface area contributed by atoms with Crippen molar-refractivity contribution in [3.8, 4) is 0 Å². The predicted octanol–water partition coefficient (Wildman–Crippen LogP) is 2.55. The highest BCUT2D eigenvalue weighted by molar-refractivity contribution is 5.77. The molecule has 1 heterocycles. The Morgan fingerprint density at radius 3 is 2.63 bits per heavy atom. The van der Waals surface area contributed by atoms with Crippen molar-refractivity contribution in [3.05, 3.63) is 60.1 Å². The standard InChI is InChI=1S/C15H18N2O2/c1-11(14-8-5-9-19-14)17-15(18)10-13(16)12-6-3-2-4-7-12/h2-9,11,13H,10,16H2,1H3,(H,17,18)/t11-,13+/m0/s1. The van der Waals surface area contributed by atoms with Crippen LogP contribution < -0.4 is 11.1 Å². The number of hydrogen-bond acceptors (Lipinski definition) is 3. The molecule has 1 aromatic heterocycles. The number of furan rings is 1. The molecule has 0 saturated carbocycles. The molecule has 4 nitrogen and oxygen atoms in total. The van der Waals surface area contributed by atoms with Crippen LogP contribution in [0.2, 0.25) is 0 Å². The highest BCUT2D eigenvalue weighted by atomic mass is 16.3. The van der Waals surface area contributed by atoms with Crippen LogP contribution in [0.1, 0.15) is 36.8 Å². The molecule has 2 rings (SSSR count). The SMILES string of the molecule is C[C@H](NC(=O)C[C@@H](N)c1ccccc1)c1ccco1. The molecule has 2 aromatic rings. The summed E-state index contributed by atoms with van der Waals surface area (Å²) < 4.78 is 5.24. The number of nitrogens with one attached hydrogen (secondary N) is 1. The molecule has 2 atom stereocenters. The zero-order chi connectivity index (χ0) is 13.7. The van der Waals surface area contributed by atoms with E-state index in [0.717, 1.165) is 11.3 Å². The Morgan fingerprint density at radius 1 is 1.26 bits per heavy atom. The van der Waals surface area contributed by atoms with Crippen molar-refractivity contribution in [2.45, 2.75) is 25.4 Å². The Morgan fingerprint density at radius 2 is 2.00 bits per heavy atom. The van der Waals surface area contributed by atoms with E-state index in [0.29, 0.717) is 0 Å². The Labute approximate surface area is 112 Å². The van der Waals surface area contributed by atoms with Crippen molar-refractivity contribution in [3.63, 3.8) is 0 Å². The average Bonchev–Trinajstić information content (AvgIpc) is 2.93. The molecule has 0 saturated heterocycles. The Kier molecular flexibility index (Phi) is 4.36. The molecule has 1 amide bonds. The fourth-order valence-electron chi connectivity index (χ4n) is 1.93. The molecule has 19 heavy (non-hydrogen) atoms. The van der Waals surface area contributed by atoms with Crippen LogP contribution in [0.5, 0.6) is 0 Å². The van der Waals surface area contributed by atoms with E-state index < -0.39 is 0 Å². The topological polar surface area (TPSA) is 68.3 Å².